The van der Waals surface area contributed by atoms with E-state index in [4.69, 9.17) is 11.6 Å². The number of nitrogens with one attached hydrogen (secondary N) is 1. The van der Waals surface area contributed by atoms with Crippen molar-refractivity contribution in [2.45, 2.75) is 0 Å². The summed E-state index contributed by atoms with van der Waals surface area (Å²) < 4.78 is 21.6. The van der Waals surface area contributed by atoms with Gasteiger partial charge in [0.25, 0.3) is 5.91 Å². The minimum absolute atomic E-state index is 0.265. The number of carbonyl (C=O) groups is 1. The van der Waals surface area contributed by atoms with Crippen molar-refractivity contribution in [3.05, 3.63) is 57.7 Å². The van der Waals surface area contributed by atoms with Crippen LogP contribution in [-0.2, 0) is 4.79 Å². The zero-order valence-corrected chi connectivity index (χ0v) is 14.8. The fourth-order valence-electron chi connectivity index (χ4n) is 2.20. The standard InChI is InChI=1S/C16H8ClFN4OS2/c17-10-3-2-9(18)7-12(10)19-16-20-15(23)14(24-16)6-8-1-4-11-13(5-8)22-25-21-11/h1-7H,(H,19,20,23). The van der Waals surface area contributed by atoms with Gasteiger partial charge in [0.15, 0.2) is 5.17 Å². The van der Waals surface area contributed by atoms with Crippen LogP contribution in [0.25, 0.3) is 17.1 Å². The molecular formula is C16H8ClFN4OS2. The maximum atomic E-state index is 13.3. The monoisotopic (exact) mass is 390 g/mol. The first-order valence-corrected chi connectivity index (χ1v) is 8.98. The van der Waals surface area contributed by atoms with Crippen molar-refractivity contribution in [3.63, 3.8) is 0 Å². The average Bonchev–Trinajstić information content (AvgIpc) is 3.17. The molecule has 5 nitrogen and oxygen atoms in total. The topological polar surface area (TPSA) is 67.2 Å². The van der Waals surface area contributed by atoms with Gasteiger partial charge in [-0.05, 0) is 47.7 Å². The van der Waals surface area contributed by atoms with Crippen LogP contribution in [0.4, 0.5) is 10.1 Å². The normalized spacial score (nSPS) is 17.6. The number of aromatic nitrogens is 2. The van der Waals surface area contributed by atoms with Crippen molar-refractivity contribution >= 4 is 69.0 Å². The zero-order chi connectivity index (χ0) is 17.4. The molecule has 3 aromatic rings. The highest BCUT2D eigenvalue weighted by Crippen LogP contribution is 2.31. The summed E-state index contributed by atoms with van der Waals surface area (Å²) in [6, 6.07) is 9.46. The number of halogens is 2. The fourth-order valence-corrected chi connectivity index (χ4v) is 3.71. The van der Waals surface area contributed by atoms with E-state index in [2.05, 4.69) is 19.1 Å². The first-order valence-electron chi connectivity index (χ1n) is 7.05. The van der Waals surface area contributed by atoms with Gasteiger partial charge in [0.05, 0.1) is 27.3 Å². The van der Waals surface area contributed by atoms with Crippen LogP contribution in [0.5, 0.6) is 0 Å². The largest absolute Gasteiger partial charge is 0.300 e. The highest BCUT2D eigenvalue weighted by molar-refractivity contribution is 8.18. The van der Waals surface area contributed by atoms with E-state index in [1.165, 1.54) is 30.0 Å². The molecule has 4 rings (SSSR count). The van der Waals surface area contributed by atoms with Gasteiger partial charge >= 0.3 is 0 Å². The van der Waals surface area contributed by atoms with Gasteiger partial charge in [-0.15, -0.1) is 0 Å². The van der Waals surface area contributed by atoms with E-state index in [0.717, 1.165) is 28.3 Å². The Morgan fingerprint density at radius 2 is 2.00 bits per heavy atom. The molecule has 0 bridgehead atoms. The third kappa shape index (κ3) is 3.41. The highest BCUT2D eigenvalue weighted by Gasteiger charge is 2.24. The van der Waals surface area contributed by atoms with Crippen molar-refractivity contribution in [3.8, 4) is 0 Å². The quantitative estimate of drug-likeness (QED) is 0.659. The van der Waals surface area contributed by atoms with Crippen molar-refractivity contribution in [2.75, 3.05) is 0 Å². The summed E-state index contributed by atoms with van der Waals surface area (Å²) in [5, 5.41) is 3.31. The number of hydrogen-bond acceptors (Lipinski definition) is 6. The molecule has 1 aliphatic rings. The van der Waals surface area contributed by atoms with Crippen molar-refractivity contribution < 1.29 is 9.18 Å². The second-order valence-electron chi connectivity index (χ2n) is 5.09. The molecular weight excluding hydrogens is 383 g/mol. The molecule has 0 saturated carbocycles. The molecule has 0 spiro atoms. The summed E-state index contributed by atoms with van der Waals surface area (Å²) in [4.78, 5) is 16.8. The maximum absolute atomic E-state index is 13.3. The summed E-state index contributed by atoms with van der Waals surface area (Å²) in [5.41, 5.74) is 2.70. The smallest absolute Gasteiger partial charge is 0.264 e. The number of amides is 1. The molecule has 1 saturated heterocycles. The molecule has 1 aliphatic heterocycles. The van der Waals surface area contributed by atoms with Gasteiger partial charge in [0.1, 0.15) is 16.9 Å². The van der Waals surface area contributed by atoms with E-state index in [-0.39, 0.29) is 11.6 Å². The number of nitrogens with zero attached hydrogens (tertiary/aromatic N) is 3. The van der Waals surface area contributed by atoms with Crippen LogP contribution in [0.15, 0.2) is 46.3 Å². The minimum atomic E-state index is -0.445. The minimum Gasteiger partial charge on any atom is -0.300 e. The van der Waals surface area contributed by atoms with Crippen LogP contribution in [0, 0.1) is 5.82 Å². The first-order chi connectivity index (χ1) is 12.1. The summed E-state index contributed by atoms with van der Waals surface area (Å²) in [6.07, 6.45) is 1.74. The molecule has 0 radical (unpaired) electrons. The van der Waals surface area contributed by atoms with Crippen molar-refractivity contribution in [1.82, 2.24) is 14.1 Å². The Labute approximate surface area is 154 Å². The lowest BCUT2D eigenvalue weighted by molar-refractivity contribution is -0.115. The predicted molar refractivity (Wildman–Crippen MR) is 99.6 cm³/mol. The Hall–Kier alpha value is -2.29. The molecule has 2 heterocycles. The molecule has 2 aromatic carbocycles. The molecule has 9 heteroatoms. The lowest BCUT2D eigenvalue weighted by Gasteiger charge is -1.99. The zero-order valence-electron chi connectivity index (χ0n) is 12.4. The van der Waals surface area contributed by atoms with Crippen LogP contribution in [-0.4, -0.2) is 19.8 Å². The molecule has 25 heavy (non-hydrogen) atoms. The number of fused-ring (bicyclic) bond motifs is 1. The van der Waals surface area contributed by atoms with Gasteiger partial charge < -0.3 is 5.32 Å². The second kappa shape index (κ2) is 6.55. The number of rotatable bonds is 2. The summed E-state index contributed by atoms with van der Waals surface area (Å²) in [5.74, 6) is -0.716. The molecule has 0 aliphatic carbocycles. The number of aliphatic imine (C=N–C) groups is 1. The molecule has 1 fully saturated rings. The highest BCUT2D eigenvalue weighted by atomic mass is 35.5. The Kier molecular flexibility index (Phi) is 4.24. The van der Waals surface area contributed by atoms with E-state index in [0.29, 0.717) is 15.1 Å². The van der Waals surface area contributed by atoms with Gasteiger partial charge in [-0.1, -0.05) is 17.7 Å². The number of amidine groups is 1. The van der Waals surface area contributed by atoms with Crippen LogP contribution < -0.4 is 5.32 Å². The third-order valence-corrected chi connectivity index (χ3v) is 5.14. The van der Waals surface area contributed by atoms with E-state index in [1.807, 2.05) is 18.2 Å². The Balaban J connectivity index is 1.63. The third-order valence-electron chi connectivity index (χ3n) is 3.36. The summed E-state index contributed by atoms with van der Waals surface area (Å²) in [7, 11) is 0. The van der Waals surface area contributed by atoms with Crippen molar-refractivity contribution in [1.29, 1.82) is 0 Å². The van der Waals surface area contributed by atoms with Crippen molar-refractivity contribution in [2.24, 2.45) is 4.99 Å². The van der Waals surface area contributed by atoms with Gasteiger partial charge in [0.2, 0.25) is 0 Å². The lowest BCUT2D eigenvalue weighted by atomic mass is 10.2. The fraction of sp³-hybridized carbons (Fsp3) is 0. The van der Waals surface area contributed by atoms with E-state index >= 15 is 0 Å². The molecule has 1 aromatic heterocycles. The number of carbonyl (C=O) groups excluding carboxylic acids is 1. The number of hydrogen-bond donors (Lipinski definition) is 1. The van der Waals surface area contributed by atoms with Crippen LogP contribution in [0.2, 0.25) is 5.02 Å². The van der Waals surface area contributed by atoms with E-state index < -0.39 is 5.82 Å². The lowest BCUT2D eigenvalue weighted by Crippen LogP contribution is -2.19. The molecule has 0 unspecified atom stereocenters. The van der Waals surface area contributed by atoms with Gasteiger partial charge in [-0.2, -0.15) is 8.75 Å². The van der Waals surface area contributed by atoms with Gasteiger partial charge in [-0.25, -0.2) is 9.38 Å². The van der Waals surface area contributed by atoms with Gasteiger partial charge in [-0.3, -0.25) is 4.79 Å². The molecule has 1 N–H and O–H groups in total. The first kappa shape index (κ1) is 16.2. The SMILES string of the molecule is O=C1NC(=Nc2cc(F)ccc2Cl)SC1=Cc1ccc2nsnc2c1. The van der Waals surface area contributed by atoms with E-state index in [1.54, 1.807) is 6.08 Å². The number of thioether (sulfide) groups is 1. The second-order valence-corrected chi connectivity index (χ2v) is 7.06. The molecule has 1 amide bonds. The number of benzene rings is 2. The maximum Gasteiger partial charge on any atom is 0.264 e. The van der Waals surface area contributed by atoms with Crippen LogP contribution in [0.3, 0.4) is 0 Å². The Morgan fingerprint density at radius 3 is 2.88 bits per heavy atom. The van der Waals surface area contributed by atoms with Crippen LogP contribution in [0.1, 0.15) is 5.56 Å². The van der Waals surface area contributed by atoms with Gasteiger partial charge in [0, 0.05) is 6.07 Å². The Morgan fingerprint density at radius 1 is 1.16 bits per heavy atom. The molecule has 0 atom stereocenters. The average molecular weight is 391 g/mol. The summed E-state index contributed by atoms with van der Waals surface area (Å²) in [6.45, 7) is 0. The van der Waals surface area contributed by atoms with E-state index in [9.17, 15) is 9.18 Å². The van der Waals surface area contributed by atoms with Crippen LogP contribution >= 0.6 is 35.1 Å². The molecule has 124 valence electrons. The Bertz CT molecular complexity index is 1060. The predicted octanol–water partition coefficient (Wildman–Crippen LogP) is 4.38. The summed E-state index contributed by atoms with van der Waals surface area (Å²) >= 11 is 8.31.